The third kappa shape index (κ3) is 2.83. The normalized spacial score (nSPS) is 10.3. The molecule has 0 atom stereocenters. The Kier molecular flexibility index (Phi) is 4.10. The number of hydrogen-bond donors (Lipinski definition) is 1. The highest BCUT2D eigenvalue weighted by molar-refractivity contribution is 9.10. The minimum absolute atomic E-state index is 0.0397. The van der Waals surface area contributed by atoms with E-state index in [9.17, 15) is 14.9 Å². The molecule has 0 fully saturated rings. The number of anilines is 1. The number of hydrogen-bond acceptors (Lipinski definition) is 4. The van der Waals surface area contributed by atoms with E-state index in [0.29, 0.717) is 21.5 Å². The first-order valence-corrected chi connectivity index (χ1v) is 6.56. The number of carbonyl (C=O) groups is 1. The van der Waals surface area contributed by atoms with Crippen molar-refractivity contribution in [2.75, 3.05) is 5.32 Å². The van der Waals surface area contributed by atoms with Crippen LogP contribution >= 0.6 is 27.5 Å². The van der Waals surface area contributed by atoms with Crippen LogP contribution in [0.25, 0.3) is 0 Å². The number of nitro groups is 1. The average molecular weight is 360 g/mol. The molecule has 0 aliphatic heterocycles. The largest absolute Gasteiger partial charge is 0.457 e. The van der Waals surface area contributed by atoms with Crippen molar-refractivity contribution in [3.8, 4) is 0 Å². The molecule has 6 nitrogen and oxygen atoms in total. The lowest BCUT2D eigenvalue weighted by Crippen LogP contribution is -2.12. The van der Waals surface area contributed by atoms with E-state index in [2.05, 4.69) is 21.2 Å². The maximum Gasteiger partial charge on any atom is 0.288 e. The number of nitro benzene ring substituents is 1. The maximum atomic E-state index is 12.0. The Labute approximate surface area is 127 Å². The molecule has 0 saturated carbocycles. The molecular formula is C12H8BrClN2O4. The Bertz CT molecular complexity index is 699. The minimum Gasteiger partial charge on any atom is -0.457 e. The van der Waals surface area contributed by atoms with Crippen molar-refractivity contribution in [3.63, 3.8) is 0 Å². The van der Waals surface area contributed by atoms with Crippen LogP contribution in [-0.2, 0) is 0 Å². The van der Waals surface area contributed by atoms with E-state index in [1.807, 2.05) is 0 Å². The predicted molar refractivity (Wildman–Crippen MR) is 77.2 cm³/mol. The smallest absolute Gasteiger partial charge is 0.288 e. The number of furan rings is 1. The fourth-order valence-corrected chi connectivity index (χ4v) is 2.24. The van der Waals surface area contributed by atoms with E-state index in [1.165, 1.54) is 24.5 Å². The Morgan fingerprint density at radius 2 is 2.20 bits per heavy atom. The third-order valence-corrected chi connectivity index (χ3v) is 3.52. The Hall–Kier alpha value is -1.86. The molecule has 0 spiro atoms. The molecule has 0 saturated heterocycles. The Balaban J connectivity index is 2.31. The number of amides is 1. The zero-order valence-electron chi connectivity index (χ0n) is 10.1. The number of aryl methyl sites for hydroxylation is 1. The molecule has 20 heavy (non-hydrogen) atoms. The van der Waals surface area contributed by atoms with Gasteiger partial charge in [0.25, 0.3) is 11.6 Å². The molecule has 0 aliphatic carbocycles. The summed E-state index contributed by atoms with van der Waals surface area (Å²) in [5, 5.41) is 13.3. The second-order valence-corrected chi connectivity index (χ2v) is 5.07. The van der Waals surface area contributed by atoms with Gasteiger partial charge in [0.15, 0.2) is 4.67 Å². The second-order valence-electron chi connectivity index (χ2n) is 3.94. The molecule has 1 aromatic carbocycles. The summed E-state index contributed by atoms with van der Waals surface area (Å²) in [4.78, 5) is 22.2. The van der Waals surface area contributed by atoms with Crippen LogP contribution in [0.5, 0.6) is 0 Å². The first-order chi connectivity index (χ1) is 9.40. The fourth-order valence-electron chi connectivity index (χ4n) is 1.59. The lowest BCUT2D eigenvalue weighted by molar-refractivity contribution is -0.384. The summed E-state index contributed by atoms with van der Waals surface area (Å²) in [6.45, 7) is 1.64. The highest BCUT2D eigenvalue weighted by Crippen LogP contribution is 2.31. The van der Waals surface area contributed by atoms with Crippen LogP contribution in [0.4, 0.5) is 11.4 Å². The number of rotatable bonds is 3. The van der Waals surface area contributed by atoms with Crippen LogP contribution in [0.2, 0.25) is 5.02 Å². The van der Waals surface area contributed by atoms with Crippen molar-refractivity contribution in [1.82, 2.24) is 0 Å². The van der Waals surface area contributed by atoms with Gasteiger partial charge in [0.2, 0.25) is 0 Å². The highest BCUT2D eigenvalue weighted by atomic mass is 79.9. The van der Waals surface area contributed by atoms with Gasteiger partial charge in [-0.2, -0.15) is 0 Å². The van der Waals surface area contributed by atoms with Crippen molar-refractivity contribution in [1.29, 1.82) is 0 Å². The molecule has 0 radical (unpaired) electrons. The van der Waals surface area contributed by atoms with Crippen LogP contribution in [-0.4, -0.2) is 10.8 Å². The van der Waals surface area contributed by atoms with E-state index in [4.69, 9.17) is 16.0 Å². The van der Waals surface area contributed by atoms with Crippen molar-refractivity contribution in [2.45, 2.75) is 6.92 Å². The van der Waals surface area contributed by atoms with E-state index in [1.54, 1.807) is 6.92 Å². The lowest BCUT2D eigenvalue weighted by Gasteiger charge is -2.08. The average Bonchev–Trinajstić information content (AvgIpc) is 2.79. The number of carbonyl (C=O) groups excluding carboxylic acids is 1. The summed E-state index contributed by atoms with van der Waals surface area (Å²) in [6, 6.07) is 4.16. The quantitative estimate of drug-likeness (QED) is 0.658. The first-order valence-electron chi connectivity index (χ1n) is 5.39. The van der Waals surface area contributed by atoms with E-state index >= 15 is 0 Å². The van der Waals surface area contributed by atoms with E-state index in [-0.39, 0.29) is 10.7 Å². The van der Waals surface area contributed by atoms with Crippen molar-refractivity contribution in [3.05, 3.63) is 55.4 Å². The molecule has 2 aromatic rings. The maximum absolute atomic E-state index is 12.0. The summed E-state index contributed by atoms with van der Waals surface area (Å²) in [7, 11) is 0. The van der Waals surface area contributed by atoms with Crippen molar-refractivity contribution >= 4 is 44.8 Å². The third-order valence-electron chi connectivity index (χ3n) is 2.60. The first kappa shape index (κ1) is 14.5. The summed E-state index contributed by atoms with van der Waals surface area (Å²) in [5.74, 6) is -0.404. The number of halogens is 2. The van der Waals surface area contributed by atoms with Gasteiger partial charge in [-0.3, -0.25) is 14.9 Å². The fraction of sp³-hybridized carbons (Fsp3) is 0.0833. The van der Waals surface area contributed by atoms with Gasteiger partial charge in [-0.25, -0.2) is 0 Å². The minimum atomic E-state index is -0.576. The molecule has 1 N–H and O–H groups in total. The van der Waals surface area contributed by atoms with Crippen LogP contribution in [0.1, 0.15) is 15.9 Å². The predicted octanol–water partition coefficient (Wildman–Crippen LogP) is 4.16. The molecule has 1 heterocycles. The number of nitrogens with zero attached hydrogens (tertiary/aromatic N) is 1. The van der Waals surface area contributed by atoms with Crippen LogP contribution < -0.4 is 5.32 Å². The zero-order chi connectivity index (χ0) is 14.9. The van der Waals surface area contributed by atoms with Crippen LogP contribution in [0.15, 0.2) is 33.5 Å². The molecule has 104 valence electrons. The summed E-state index contributed by atoms with van der Waals surface area (Å²) in [5.41, 5.74) is 1.05. The van der Waals surface area contributed by atoms with Gasteiger partial charge in [-0.15, -0.1) is 0 Å². The van der Waals surface area contributed by atoms with E-state index < -0.39 is 10.8 Å². The molecule has 0 aliphatic rings. The molecule has 0 unspecified atom stereocenters. The van der Waals surface area contributed by atoms with Crippen LogP contribution in [0, 0.1) is 17.0 Å². The standard InChI is InChI=1S/C12H8BrClN2O4/c1-6-4-10(16(18)19)8(14)5-9(6)15-12(17)7-2-3-20-11(7)13/h2-5H,1H3,(H,15,17). The van der Waals surface area contributed by atoms with Crippen molar-refractivity contribution < 1.29 is 14.1 Å². The number of nitrogens with one attached hydrogen (secondary N) is 1. The molecule has 0 bridgehead atoms. The molecular weight excluding hydrogens is 351 g/mol. The lowest BCUT2D eigenvalue weighted by atomic mass is 10.1. The Morgan fingerprint density at radius 3 is 2.75 bits per heavy atom. The zero-order valence-corrected chi connectivity index (χ0v) is 12.5. The second kappa shape index (κ2) is 5.64. The molecule has 2 rings (SSSR count). The molecule has 1 aromatic heterocycles. The molecule has 1 amide bonds. The monoisotopic (exact) mass is 358 g/mol. The van der Waals surface area contributed by atoms with Gasteiger partial charge in [-0.1, -0.05) is 11.6 Å². The van der Waals surface area contributed by atoms with Gasteiger partial charge >= 0.3 is 0 Å². The van der Waals surface area contributed by atoms with Crippen molar-refractivity contribution in [2.24, 2.45) is 0 Å². The van der Waals surface area contributed by atoms with Gasteiger partial charge in [0.1, 0.15) is 5.02 Å². The topological polar surface area (TPSA) is 85.4 Å². The summed E-state index contributed by atoms with van der Waals surface area (Å²) in [6.07, 6.45) is 1.37. The summed E-state index contributed by atoms with van der Waals surface area (Å²) >= 11 is 8.92. The van der Waals surface area contributed by atoms with Crippen LogP contribution in [0.3, 0.4) is 0 Å². The van der Waals surface area contributed by atoms with Gasteiger partial charge in [0, 0.05) is 11.8 Å². The Morgan fingerprint density at radius 1 is 1.50 bits per heavy atom. The summed E-state index contributed by atoms with van der Waals surface area (Å²) < 4.78 is 5.27. The molecule has 8 heteroatoms. The van der Waals surface area contributed by atoms with Gasteiger partial charge in [-0.05, 0) is 40.5 Å². The van der Waals surface area contributed by atoms with E-state index in [0.717, 1.165) is 0 Å². The SMILES string of the molecule is Cc1cc([N+](=O)[O-])c(Cl)cc1NC(=O)c1ccoc1Br. The highest BCUT2D eigenvalue weighted by Gasteiger charge is 2.18. The van der Waals surface area contributed by atoms with Gasteiger partial charge < -0.3 is 9.73 Å². The number of benzene rings is 1. The van der Waals surface area contributed by atoms with Gasteiger partial charge in [0.05, 0.1) is 16.7 Å².